The van der Waals surface area contributed by atoms with Crippen molar-refractivity contribution in [2.45, 2.75) is 25.4 Å². The van der Waals surface area contributed by atoms with Crippen molar-refractivity contribution in [2.24, 2.45) is 5.73 Å². The molecule has 1 aromatic carbocycles. The zero-order chi connectivity index (χ0) is 24.7. The zero-order valence-corrected chi connectivity index (χ0v) is 21.2. The van der Waals surface area contributed by atoms with Crippen LogP contribution >= 0.6 is 36.4 Å². The quantitative estimate of drug-likeness (QED) is 0.256. The second-order valence-electron chi connectivity index (χ2n) is 7.37. The molecular formula is C22H25Cl3F2N6O3. The van der Waals surface area contributed by atoms with Gasteiger partial charge in [-0.1, -0.05) is 35.9 Å². The Morgan fingerprint density at radius 2 is 1.83 bits per heavy atom. The van der Waals surface area contributed by atoms with Crippen LogP contribution in [0.15, 0.2) is 59.7 Å². The van der Waals surface area contributed by atoms with Crippen molar-refractivity contribution < 1.29 is 18.3 Å². The fourth-order valence-corrected chi connectivity index (χ4v) is 3.44. The molecule has 2 heterocycles. The van der Waals surface area contributed by atoms with Gasteiger partial charge in [0.05, 0.1) is 12.7 Å². The van der Waals surface area contributed by atoms with Crippen LogP contribution in [0.25, 0.3) is 0 Å². The number of anilines is 1. The maximum absolute atomic E-state index is 14.5. The number of aromatic nitrogens is 3. The fraction of sp³-hybridized carbons (Fsp3) is 0.273. The molecule has 1 amide bonds. The minimum Gasteiger partial charge on any atom is -0.618 e. The molecule has 4 N–H and O–H groups in total. The Hall–Kier alpha value is -2.99. The molecule has 3 rings (SSSR count). The summed E-state index contributed by atoms with van der Waals surface area (Å²) in [6.45, 7) is -0.826. The first-order valence-electron chi connectivity index (χ1n) is 10.3. The second kappa shape index (κ2) is 13.9. The number of nitrogens with one attached hydrogen (secondary N) is 2. The van der Waals surface area contributed by atoms with Gasteiger partial charge in [0.25, 0.3) is 11.3 Å². The third kappa shape index (κ3) is 7.76. The van der Waals surface area contributed by atoms with E-state index in [1.807, 2.05) is 24.3 Å². The number of halogens is 5. The van der Waals surface area contributed by atoms with Gasteiger partial charge in [0.1, 0.15) is 11.7 Å². The topological polar surface area (TPSA) is 129 Å². The highest BCUT2D eigenvalue weighted by Crippen LogP contribution is 2.25. The molecule has 0 bridgehead atoms. The van der Waals surface area contributed by atoms with Crippen molar-refractivity contribution in [2.75, 3.05) is 18.4 Å². The Labute approximate surface area is 223 Å². The lowest BCUT2D eigenvalue weighted by atomic mass is 10.0. The maximum atomic E-state index is 14.5. The number of hydrogen-bond donors (Lipinski definition) is 3. The SMILES string of the molecule is Cl.Cl.NCCc1ccccc1CNC(=O)Cn1c(Cl)cnc(NCC(F)(F)c2cccc[n+]2[O-])c1=O. The maximum Gasteiger partial charge on any atom is 0.347 e. The van der Waals surface area contributed by atoms with Gasteiger partial charge < -0.3 is 21.6 Å². The molecule has 0 fully saturated rings. The standard InChI is InChI=1S/C22H23ClF2N6O3.2ClH/c23-18-12-28-20(29-14-22(24,25)17-7-3-4-10-31(17)34)21(33)30(18)13-19(32)27-11-16-6-2-1-5-15(16)8-9-26;;/h1-7,10,12H,8-9,11,13-14,26H2,(H,27,32)(H,28,29);2*1H. The van der Waals surface area contributed by atoms with Gasteiger partial charge in [0.15, 0.2) is 12.0 Å². The summed E-state index contributed by atoms with van der Waals surface area (Å²) in [6.07, 6.45) is 2.67. The van der Waals surface area contributed by atoms with Crippen LogP contribution in [-0.4, -0.2) is 28.5 Å². The molecule has 0 spiro atoms. The third-order valence-corrected chi connectivity index (χ3v) is 5.29. The van der Waals surface area contributed by atoms with Crippen LogP contribution in [-0.2, 0) is 30.2 Å². The minimum absolute atomic E-state index is 0. The van der Waals surface area contributed by atoms with Crippen molar-refractivity contribution in [3.63, 3.8) is 0 Å². The lowest BCUT2D eigenvalue weighted by Gasteiger charge is -2.17. The third-order valence-electron chi connectivity index (χ3n) is 4.99. The molecule has 0 saturated heterocycles. The van der Waals surface area contributed by atoms with E-state index in [1.54, 1.807) is 0 Å². The van der Waals surface area contributed by atoms with Gasteiger partial charge in [0.2, 0.25) is 5.91 Å². The molecule has 196 valence electrons. The van der Waals surface area contributed by atoms with Gasteiger partial charge in [-0.25, -0.2) is 4.98 Å². The van der Waals surface area contributed by atoms with E-state index in [0.717, 1.165) is 34.2 Å². The number of nitrogens with zero attached hydrogens (tertiary/aromatic N) is 3. The number of nitrogens with two attached hydrogens (primary N) is 1. The molecular weight excluding hydrogens is 541 g/mol. The molecule has 3 aromatic rings. The Bertz CT molecular complexity index is 1230. The molecule has 0 saturated carbocycles. The number of rotatable bonds is 10. The lowest BCUT2D eigenvalue weighted by molar-refractivity contribution is -0.624. The second-order valence-corrected chi connectivity index (χ2v) is 7.76. The summed E-state index contributed by atoms with van der Waals surface area (Å²) >= 11 is 6.02. The summed E-state index contributed by atoms with van der Waals surface area (Å²) < 4.78 is 29.9. The Morgan fingerprint density at radius 1 is 1.17 bits per heavy atom. The van der Waals surface area contributed by atoms with E-state index in [2.05, 4.69) is 15.6 Å². The summed E-state index contributed by atoms with van der Waals surface area (Å²) in [7, 11) is 0. The molecule has 36 heavy (non-hydrogen) atoms. The molecule has 0 unspecified atom stereocenters. The summed E-state index contributed by atoms with van der Waals surface area (Å²) in [5, 5.41) is 16.5. The first kappa shape index (κ1) is 31.0. The predicted octanol–water partition coefficient (Wildman–Crippen LogP) is 2.40. The van der Waals surface area contributed by atoms with Crippen LogP contribution in [0.1, 0.15) is 16.8 Å². The van der Waals surface area contributed by atoms with Crippen molar-refractivity contribution in [3.05, 3.63) is 92.4 Å². The van der Waals surface area contributed by atoms with Gasteiger partial charge in [0, 0.05) is 18.7 Å². The molecule has 0 aliphatic rings. The van der Waals surface area contributed by atoms with E-state index in [9.17, 15) is 23.6 Å². The highest BCUT2D eigenvalue weighted by molar-refractivity contribution is 6.29. The number of pyridine rings is 1. The summed E-state index contributed by atoms with van der Waals surface area (Å²) in [5.41, 5.74) is 5.85. The Balaban J connectivity index is 0.00000324. The monoisotopic (exact) mass is 564 g/mol. The molecule has 9 nitrogen and oxygen atoms in total. The molecule has 0 aliphatic heterocycles. The largest absolute Gasteiger partial charge is 0.618 e. The van der Waals surface area contributed by atoms with E-state index >= 15 is 0 Å². The van der Waals surface area contributed by atoms with Gasteiger partial charge >= 0.3 is 5.92 Å². The van der Waals surface area contributed by atoms with E-state index in [-0.39, 0.29) is 41.2 Å². The Morgan fingerprint density at radius 3 is 2.50 bits per heavy atom. The predicted molar refractivity (Wildman–Crippen MR) is 137 cm³/mol. The summed E-state index contributed by atoms with van der Waals surface area (Å²) in [6, 6.07) is 11.1. The van der Waals surface area contributed by atoms with E-state index in [4.69, 9.17) is 17.3 Å². The highest BCUT2D eigenvalue weighted by Gasteiger charge is 2.39. The number of carbonyl (C=O) groups excluding carboxylic acids is 1. The zero-order valence-electron chi connectivity index (χ0n) is 18.8. The highest BCUT2D eigenvalue weighted by atomic mass is 35.5. The number of alkyl halides is 2. The van der Waals surface area contributed by atoms with Crippen LogP contribution < -0.4 is 26.7 Å². The van der Waals surface area contributed by atoms with E-state index in [1.165, 1.54) is 12.1 Å². The first-order valence-corrected chi connectivity index (χ1v) is 10.7. The van der Waals surface area contributed by atoms with Crippen LogP contribution in [0, 0.1) is 5.21 Å². The molecule has 0 atom stereocenters. The number of amides is 1. The summed E-state index contributed by atoms with van der Waals surface area (Å²) in [4.78, 5) is 28.9. The summed E-state index contributed by atoms with van der Waals surface area (Å²) in [5.74, 6) is -4.53. The van der Waals surface area contributed by atoms with Crippen molar-refractivity contribution in [3.8, 4) is 0 Å². The van der Waals surface area contributed by atoms with Crippen molar-refractivity contribution in [1.29, 1.82) is 0 Å². The molecule has 2 aromatic heterocycles. The minimum atomic E-state index is -3.59. The lowest BCUT2D eigenvalue weighted by Crippen LogP contribution is -2.41. The van der Waals surface area contributed by atoms with Crippen LogP contribution in [0.4, 0.5) is 14.6 Å². The Kier molecular flexibility index (Phi) is 12.0. The first-order chi connectivity index (χ1) is 16.2. The van der Waals surface area contributed by atoms with Gasteiger partial charge in [-0.3, -0.25) is 14.2 Å². The smallest absolute Gasteiger partial charge is 0.347 e. The average molecular weight is 566 g/mol. The number of carbonyl (C=O) groups is 1. The number of hydrogen-bond acceptors (Lipinski definition) is 6. The normalized spacial score (nSPS) is 10.7. The molecule has 0 aliphatic carbocycles. The van der Waals surface area contributed by atoms with Crippen molar-refractivity contribution in [1.82, 2.24) is 14.9 Å². The van der Waals surface area contributed by atoms with Gasteiger partial charge in [-0.05, 0) is 30.2 Å². The average Bonchev–Trinajstić information content (AvgIpc) is 2.81. The van der Waals surface area contributed by atoms with Gasteiger partial charge in [-0.2, -0.15) is 13.5 Å². The van der Waals surface area contributed by atoms with E-state index in [0.29, 0.717) is 13.0 Å². The number of benzene rings is 1. The van der Waals surface area contributed by atoms with Crippen molar-refractivity contribution >= 4 is 48.1 Å². The fourth-order valence-electron chi connectivity index (χ4n) is 3.26. The van der Waals surface area contributed by atoms with Crippen LogP contribution in [0.2, 0.25) is 5.15 Å². The van der Waals surface area contributed by atoms with Gasteiger partial charge in [-0.15, -0.1) is 24.8 Å². The van der Waals surface area contributed by atoms with E-state index < -0.39 is 42.0 Å². The molecule has 0 radical (unpaired) electrons. The van der Waals surface area contributed by atoms with Crippen LogP contribution in [0.5, 0.6) is 0 Å². The molecule has 14 heteroatoms. The van der Waals surface area contributed by atoms with Crippen LogP contribution in [0.3, 0.4) is 0 Å².